The van der Waals surface area contributed by atoms with Crippen molar-refractivity contribution in [2.45, 2.75) is 56.6 Å². The zero-order chi connectivity index (χ0) is 19.5. The van der Waals surface area contributed by atoms with E-state index in [9.17, 15) is 9.59 Å². The van der Waals surface area contributed by atoms with Gasteiger partial charge in [0.2, 0.25) is 11.8 Å². The Kier molecular flexibility index (Phi) is 5.75. The van der Waals surface area contributed by atoms with Crippen LogP contribution in [0, 0.1) is 5.92 Å². The lowest BCUT2D eigenvalue weighted by Crippen LogP contribution is -2.33. The van der Waals surface area contributed by atoms with E-state index in [1.165, 1.54) is 35.9 Å². The molecule has 0 radical (unpaired) electrons. The molecule has 1 saturated heterocycles. The van der Waals surface area contributed by atoms with Crippen LogP contribution in [0.5, 0.6) is 0 Å². The molecule has 2 atom stereocenters. The van der Waals surface area contributed by atoms with E-state index in [0.717, 1.165) is 29.4 Å². The predicted molar refractivity (Wildman–Crippen MR) is 107 cm³/mol. The molecular weight excluding hydrogens is 374 g/mol. The summed E-state index contributed by atoms with van der Waals surface area (Å²) in [6.45, 7) is 2.81. The van der Waals surface area contributed by atoms with E-state index in [4.69, 9.17) is 0 Å². The minimum Gasteiger partial charge on any atom is -0.299 e. The van der Waals surface area contributed by atoms with Crippen molar-refractivity contribution in [2.24, 2.45) is 5.92 Å². The minimum atomic E-state index is -0.137. The summed E-state index contributed by atoms with van der Waals surface area (Å²) in [5, 5.41) is 9.61. The van der Waals surface area contributed by atoms with Gasteiger partial charge in [-0.15, -0.1) is 10.2 Å². The average molecular weight is 400 g/mol. The Morgan fingerprint density at radius 2 is 2.11 bits per heavy atom. The van der Waals surface area contributed by atoms with E-state index < -0.39 is 0 Å². The molecule has 2 aromatic rings. The number of rotatable bonds is 5. The maximum atomic E-state index is 12.5. The molecule has 2 aromatic heterocycles. The molecule has 1 aliphatic heterocycles. The zero-order valence-electron chi connectivity index (χ0n) is 16.1. The number of hydrogen-bond donors (Lipinski definition) is 0. The van der Waals surface area contributed by atoms with Crippen LogP contribution in [0.15, 0.2) is 29.7 Å². The highest BCUT2D eigenvalue weighted by atomic mass is 32.2. The van der Waals surface area contributed by atoms with Crippen LogP contribution in [0.25, 0.3) is 11.4 Å². The highest BCUT2D eigenvalue weighted by Crippen LogP contribution is 2.38. The first-order valence-corrected chi connectivity index (χ1v) is 10.9. The molecular formula is C20H25N5O2S. The van der Waals surface area contributed by atoms with Crippen molar-refractivity contribution in [3.8, 4) is 11.4 Å². The molecule has 2 aliphatic rings. The Morgan fingerprint density at radius 3 is 2.82 bits per heavy atom. The van der Waals surface area contributed by atoms with Crippen molar-refractivity contribution in [1.82, 2.24) is 24.6 Å². The molecule has 1 saturated carbocycles. The molecule has 148 valence electrons. The Hall–Kier alpha value is -2.22. The van der Waals surface area contributed by atoms with Gasteiger partial charge in [-0.25, -0.2) is 0 Å². The maximum absolute atomic E-state index is 12.5. The lowest BCUT2D eigenvalue weighted by molar-refractivity contribution is -0.140. The summed E-state index contributed by atoms with van der Waals surface area (Å²) in [6.07, 6.45) is 9.48. The highest BCUT2D eigenvalue weighted by molar-refractivity contribution is 7.99. The Labute approximate surface area is 168 Å². The number of amides is 2. The summed E-state index contributed by atoms with van der Waals surface area (Å²) >= 11 is 1.38. The van der Waals surface area contributed by atoms with Gasteiger partial charge in [0, 0.05) is 37.0 Å². The van der Waals surface area contributed by atoms with Gasteiger partial charge in [0.25, 0.3) is 0 Å². The van der Waals surface area contributed by atoms with Crippen molar-refractivity contribution in [1.29, 1.82) is 0 Å². The lowest BCUT2D eigenvalue weighted by Gasteiger charge is -2.31. The van der Waals surface area contributed by atoms with Crippen LogP contribution < -0.4 is 0 Å². The lowest BCUT2D eigenvalue weighted by atomic mass is 9.85. The first-order valence-electron chi connectivity index (χ1n) is 9.96. The van der Waals surface area contributed by atoms with Crippen molar-refractivity contribution in [3.05, 3.63) is 24.5 Å². The Balaban J connectivity index is 1.60. The number of pyridine rings is 1. The fraction of sp³-hybridized carbons (Fsp3) is 0.550. The van der Waals surface area contributed by atoms with Gasteiger partial charge in [0.15, 0.2) is 11.0 Å². The molecule has 4 rings (SSSR count). The summed E-state index contributed by atoms with van der Waals surface area (Å²) in [5.41, 5.74) is 0.931. The summed E-state index contributed by atoms with van der Waals surface area (Å²) in [6, 6.07) is 4.20. The fourth-order valence-electron chi connectivity index (χ4n) is 4.16. The van der Waals surface area contributed by atoms with Crippen LogP contribution in [-0.2, 0) is 9.59 Å². The van der Waals surface area contributed by atoms with Crippen LogP contribution in [0.4, 0.5) is 0 Å². The molecule has 2 fully saturated rings. The fourth-order valence-corrected chi connectivity index (χ4v) is 5.03. The molecule has 8 heteroatoms. The van der Waals surface area contributed by atoms with Crippen LogP contribution in [0.3, 0.4) is 0 Å². The molecule has 3 heterocycles. The van der Waals surface area contributed by atoms with Crippen LogP contribution in [-0.4, -0.2) is 48.8 Å². The number of nitrogens with zero attached hydrogens (tertiary/aromatic N) is 5. The number of carbonyl (C=O) groups is 2. The van der Waals surface area contributed by atoms with Gasteiger partial charge in [-0.2, -0.15) is 0 Å². The van der Waals surface area contributed by atoms with E-state index in [-0.39, 0.29) is 17.6 Å². The molecule has 28 heavy (non-hydrogen) atoms. The molecule has 0 unspecified atom stereocenters. The Morgan fingerprint density at radius 1 is 1.25 bits per heavy atom. The van der Waals surface area contributed by atoms with Crippen LogP contribution >= 0.6 is 11.8 Å². The molecule has 0 spiro atoms. The number of imide groups is 1. The van der Waals surface area contributed by atoms with E-state index in [0.29, 0.717) is 24.9 Å². The second-order valence-corrected chi connectivity index (χ2v) is 8.52. The summed E-state index contributed by atoms with van der Waals surface area (Å²) in [7, 11) is 0. The van der Waals surface area contributed by atoms with Gasteiger partial charge >= 0.3 is 0 Å². The molecule has 0 bridgehead atoms. The molecule has 0 N–H and O–H groups in total. The first-order chi connectivity index (χ1) is 13.6. The second kappa shape index (κ2) is 8.43. The van der Waals surface area contributed by atoms with E-state index in [1.807, 2.05) is 12.1 Å². The SMILES string of the molecule is C[C@@H]1CCCC[C@@H]1n1c(SCC(=O)N2CCCC2=O)nnc1-c1cccnc1. The highest BCUT2D eigenvalue weighted by Gasteiger charge is 2.30. The van der Waals surface area contributed by atoms with Gasteiger partial charge in [0.1, 0.15) is 0 Å². The summed E-state index contributed by atoms with van der Waals surface area (Å²) in [4.78, 5) is 29.9. The van der Waals surface area contributed by atoms with Crippen molar-refractivity contribution in [2.75, 3.05) is 12.3 Å². The number of carbonyl (C=O) groups excluding carboxylic acids is 2. The van der Waals surface area contributed by atoms with Crippen molar-refractivity contribution in [3.63, 3.8) is 0 Å². The molecule has 1 aliphatic carbocycles. The normalized spacial score (nSPS) is 22.6. The van der Waals surface area contributed by atoms with E-state index in [2.05, 4.69) is 26.7 Å². The van der Waals surface area contributed by atoms with Gasteiger partial charge in [-0.3, -0.25) is 24.0 Å². The quantitative estimate of drug-likeness (QED) is 0.718. The minimum absolute atomic E-state index is 0.0657. The number of likely N-dealkylation sites (tertiary alicyclic amines) is 1. The van der Waals surface area contributed by atoms with Gasteiger partial charge in [-0.05, 0) is 37.3 Å². The Bertz CT molecular complexity index is 854. The monoisotopic (exact) mass is 399 g/mol. The topological polar surface area (TPSA) is 81.0 Å². The standard InChI is InChI=1S/C20H25N5O2S/c1-14-6-2-3-8-16(14)25-19(15-7-4-10-21-12-15)22-23-20(25)28-13-18(27)24-11-5-9-17(24)26/h4,7,10,12,14,16H,2-3,5-6,8-9,11,13H2,1H3/t14-,16+/m1/s1. The molecule has 7 nitrogen and oxygen atoms in total. The number of thioether (sulfide) groups is 1. The predicted octanol–water partition coefficient (Wildman–Crippen LogP) is 3.33. The van der Waals surface area contributed by atoms with Crippen LogP contribution in [0.2, 0.25) is 0 Å². The third kappa shape index (κ3) is 3.83. The van der Waals surface area contributed by atoms with Gasteiger partial charge in [0.05, 0.1) is 5.75 Å². The van der Waals surface area contributed by atoms with Gasteiger partial charge in [-0.1, -0.05) is 31.5 Å². The third-order valence-corrected chi connectivity index (χ3v) is 6.61. The van der Waals surface area contributed by atoms with E-state index >= 15 is 0 Å². The number of aromatic nitrogens is 4. The first kappa shape index (κ1) is 19.1. The third-order valence-electron chi connectivity index (χ3n) is 5.68. The van der Waals surface area contributed by atoms with Crippen molar-refractivity contribution < 1.29 is 9.59 Å². The molecule has 0 aromatic carbocycles. The summed E-state index contributed by atoms with van der Waals surface area (Å²) in [5.74, 6) is 1.33. The van der Waals surface area contributed by atoms with Gasteiger partial charge < -0.3 is 0 Å². The van der Waals surface area contributed by atoms with Crippen LogP contribution in [0.1, 0.15) is 51.5 Å². The van der Waals surface area contributed by atoms with E-state index in [1.54, 1.807) is 12.4 Å². The average Bonchev–Trinajstić information content (AvgIpc) is 3.33. The largest absolute Gasteiger partial charge is 0.299 e. The number of hydrogen-bond acceptors (Lipinski definition) is 6. The second-order valence-electron chi connectivity index (χ2n) is 7.58. The maximum Gasteiger partial charge on any atom is 0.239 e. The smallest absolute Gasteiger partial charge is 0.239 e. The van der Waals surface area contributed by atoms with Crippen molar-refractivity contribution >= 4 is 23.6 Å². The molecule has 2 amide bonds. The zero-order valence-corrected chi connectivity index (χ0v) is 16.9. The summed E-state index contributed by atoms with van der Waals surface area (Å²) < 4.78 is 2.20.